The van der Waals surface area contributed by atoms with E-state index in [-0.39, 0.29) is 5.02 Å². The first-order chi connectivity index (χ1) is 9.47. The topological polar surface area (TPSA) is 43.8 Å². The lowest BCUT2D eigenvalue weighted by molar-refractivity contribution is 0.630. The molecule has 0 spiro atoms. The molecule has 0 aliphatic carbocycles. The summed E-state index contributed by atoms with van der Waals surface area (Å²) in [5.74, 6) is -0.186. The summed E-state index contributed by atoms with van der Waals surface area (Å²) in [4.78, 5) is 4.19. The van der Waals surface area contributed by atoms with Crippen LogP contribution in [0.1, 0.15) is 11.1 Å². The fraction of sp³-hybridized carbons (Fsp3) is 0.133. The molecule has 0 aliphatic rings. The molecule has 2 N–H and O–H groups in total. The van der Waals surface area contributed by atoms with Crippen LogP contribution in [0.2, 0.25) is 5.02 Å². The van der Waals surface area contributed by atoms with E-state index in [4.69, 9.17) is 17.3 Å². The van der Waals surface area contributed by atoms with Crippen molar-refractivity contribution in [2.45, 2.75) is 13.8 Å². The zero-order chi connectivity index (χ0) is 14.4. The first-order valence-electron chi connectivity index (χ1n) is 6.18. The maximum absolute atomic E-state index is 13.5. The first kappa shape index (κ1) is 12.9. The minimum absolute atomic E-state index is 0.0579. The maximum atomic E-state index is 13.5. The lowest BCUT2D eigenvalue weighted by Crippen LogP contribution is -2.01. The number of hydrogen-bond donors (Lipinski definition) is 1. The predicted molar refractivity (Wildman–Crippen MR) is 79.9 cm³/mol. The molecule has 1 heterocycles. The molecule has 0 unspecified atom stereocenters. The molecule has 0 bridgehead atoms. The third-order valence-electron chi connectivity index (χ3n) is 3.47. The zero-order valence-corrected chi connectivity index (χ0v) is 11.9. The van der Waals surface area contributed by atoms with Crippen LogP contribution in [0.4, 0.5) is 10.3 Å². The Hall–Kier alpha value is -2.07. The Labute approximate surface area is 120 Å². The van der Waals surface area contributed by atoms with Gasteiger partial charge in [-0.25, -0.2) is 9.37 Å². The minimum atomic E-state index is -0.496. The van der Waals surface area contributed by atoms with Crippen LogP contribution in [0.3, 0.4) is 0 Å². The number of benzene rings is 2. The van der Waals surface area contributed by atoms with Gasteiger partial charge >= 0.3 is 0 Å². The van der Waals surface area contributed by atoms with Crippen molar-refractivity contribution in [3.05, 3.63) is 52.3 Å². The van der Waals surface area contributed by atoms with E-state index in [0.29, 0.717) is 17.0 Å². The van der Waals surface area contributed by atoms with E-state index in [0.717, 1.165) is 11.3 Å². The summed E-state index contributed by atoms with van der Waals surface area (Å²) in [5, 5.41) is 0.0579. The van der Waals surface area contributed by atoms with Crippen LogP contribution < -0.4 is 5.73 Å². The van der Waals surface area contributed by atoms with E-state index < -0.39 is 5.82 Å². The number of nitrogens with zero attached hydrogens (tertiary/aromatic N) is 2. The maximum Gasteiger partial charge on any atom is 0.205 e. The van der Waals surface area contributed by atoms with E-state index >= 15 is 0 Å². The van der Waals surface area contributed by atoms with Gasteiger partial charge in [0.2, 0.25) is 5.95 Å². The molecule has 0 amide bonds. The van der Waals surface area contributed by atoms with Gasteiger partial charge in [-0.1, -0.05) is 17.7 Å². The van der Waals surface area contributed by atoms with Gasteiger partial charge in [0.15, 0.2) is 0 Å². The van der Waals surface area contributed by atoms with Crippen LogP contribution in [-0.4, -0.2) is 9.55 Å². The molecular weight excluding hydrogens is 277 g/mol. The molecule has 0 saturated carbocycles. The van der Waals surface area contributed by atoms with Crippen LogP contribution >= 0.6 is 11.6 Å². The number of aromatic nitrogens is 2. The molecule has 3 nitrogen and oxygen atoms in total. The fourth-order valence-electron chi connectivity index (χ4n) is 2.23. The van der Waals surface area contributed by atoms with Crippen LogP contribution in [0.15, 0.2) is 30.3 Å². The molecule has 3 aromatic rings. The van der Waals surface area contributed by atoms with Crippen molar-refractivity contribution in [1.82, 2.24) is 9.55 Å². The minimum Gasteiger partial charge on any atom is -0.369 e. The SMILES string of the molecule is Cc1ccc(-n2c(N)nc3cc(F)c(Cl)cc32)cc1C. The fourth-order valence-corrected chi connectivity index (χ4v) is 2.39. The zero-order valence-electron chi connectivity index (χ0n) is 11.1. The number of imidazole rings is 1. The van der Waals surface area contributed by atoms with Gasteiger partial charge in [0, 0.05) is 11.8 Å². The van der Waals surface area contributed by atoms with E-state index in [1.54, 1.807) is 10.6 Å². The largest absolute Gasteiger partial charge is 0.369 e. The average Bonchev–Trinajstić information content (AvgIpc) is 2.69. The van der Waals surface area contributed by atoms with E-state index in [1.165, 1.54) is 11.6 Å². The molecule has 0 radical (unpaired) electrons. The second-order valence-electron chi connectivity index (χ2n) is 4.83. The summed E-state index contributed by atoms with van der Waals surface area (Å²) in [6.45, 7) is 4.07. The monoisotopic (exact) mass is 289 g/mol. The van der Waals surface area contributed by atoms with Gasteiger partial charge in [0.25, 0.3) is 0 Å². The van der Waals surface area contributed by atoms with Crippen LogP contribution in [0.25, 0.3) is 16.7 Å². The number of hydrogen-bond acceptors (Lipinski definition) is 2. The Balaban J connectivity index is 2.32. The molecule has 0 atom stereocenters. The van der Waals surface area contributed by atoms with Gasteiger partial charge in [-0.3, -0.25) is 4.57 Å². The van der Waals surface area contributed by atoms with Gasteiger partial charge in [-0.15, -0.1) is 0 Å². The van der Waals surface area contributed by atoms with Crippen molar-refractivity contribution in [1.29, 1.82) is 0 Å². The number of nitrogen functional groups attached to an aromatic ring is 1. The van der Waals surface area contributed by atoms with Crippen molar-refractivity contribution in [3.63, 3.8) is 0 Å². The lowest BCUT2D eigenvalue weighted by atomic mass is 10.1. The van der Waals surface area contributed by atoms with Gasteiger partial charge < -0.3 is 5.73 Å². The van der Waals surface area contributed by atoms with E-state index in [9.17, 15) is 4.39 Å². The van der Waals surface area contributed by atoms with Crippen LogP contribution in [0.5, 0.6) is 0 Å². The van der Waals surface area contributed by atoms with Gasteiger partial charge in [-0.05, 0) is 43.2 Å². The normalized spacial score (nSPS) is 11.2. The molecule has 0 aliphatic heterocycles. The Morgan fingerprint density at radius 3 is 2.60 bits per heavy atom. The smallest absolute Gasteiger partial charge is 0.205 e. The van der Waals surface area contributed by atoms with Gasteiger partial charge in [0.1, 0.15) is 5.82 Å². The quantitative estimate of drug-likeness (QED) is 0.735. The molecular formula is C15H13ClFN3. The van der Waals surface area contributed by atoms with E-state index in [1.807, 2.05) is 32.0 Å². The number of halogens is 2. The highest BCUT2D eigenvalue weighted by molar-refractivity contribution is 6.31. The highest BCUT2D eigenvalue weighted by Crippen LogP contribution is 2.28. The third kappa shape index (κ3) is 1.93. The number of anilines is 1. The molecule has 1 aromatic heterocycles. The van der Waals surface area contributed by atoms with Crippen molar-refractivity contribution < 1.29 is 4.39 Å². The molecule has 5 heteroatoms. The highest BCUT2D eigenvalue weighted by Gasteiger charge is 2.13. The third-order valence-corrected chi connectivity index (χ3v) is 3.76. The Morgan fingerprint density at radius 1 is 1.15 bits per heavy atom. The number of rotatable bonds is 1. The molecule has 3 rings (SSSR count). The van der Waals surface area contributed by atoms with Crippen LogP contribution in [0, 0.1) is 19.7 Å². The number of fused-ring (bicyclic) bond motifs is 1. The first-order valence-corrected chi connectivity index (χ1v) is 6.56. The standard InChI is InChI=1S/C15H13ClFN3/c1-8-3-4-10(5-9(8)2)20-14-6-11(16)12(17)7-13(14)19-15(20)18/h3-7H,1-2H3,(H2,18,19). The lowest BCUT2D eigenvalue weighted by Gasteiger charge is -2.09. The number of aryl methyl sites for hydroxylation is 2. The summed E-state index contributed by atoms with van der Waals surface area (Å²) < 4.78 is 15.3. The molecule has 0 saturated heterocycles. The summed E-state index contributed by atoms with van der Waals surface area (Å²) in [6, 6.07) is 8.83. The Kier molecular flexibility index (Phi) is 2.91. The molecule has 0 fully saturated rings. The predicted octanol–water partition coefficient (Wildman–Crippen LogP) is 4.02. The summed E-state index contributed by atoms with van der Waals surface area (Å²) in [7, 11) is 0. The summed E-state index contributed by atoms with van der Waals surface area (Å²) in [6.07, 6.45) is 0. The number of nitrogens with two attached hydrogens (primary N) is 1. The molecule has 20 heavy (non-hydrogen) atoms. The molecule has 2 aromatic carbocycles. The second kappa shape index (κ2) is 4.49. The second-order valence-corrected chi connectivity index (χ2v) is 5.24. The van der Waals surface area contributed by atoms with Crippen molar-refractivity contribution >= 4 is 28.6 Å². The van der Waals surface area contributed by atoms with Gasteiger partial charge in [-0.2, -0.15) is 0 Å². The Morgan fingerprint density at radius 2 is 1.90 bits per heavy atom. The van der Waals surface area contributed by atoms with Crippen molar-refractivity contribution in [2.75, 3.05) is 5.73 Å². The average molecular weight is 290 g/mol. The van der Waals surface area contributed by atoms with Crippen molar-refractivity contribution in [3.8, 4) is 5.69 Å². The Bertz CT molecular complexity index is 824. The summed E-state index contributed by atoms with van der Waals surface area (Å²) >= 11 is 5.86. The molecule has 102 valence electrons. The highest BCUT2D eigenvalue weighted by atomic mass is 35.5. The van der Waals surface area contributed by atoms with E-state index in [2.05, 4.69) is 4.98 Å². The summed E-state index contributed by atoms with van der Waals surface area (Å²) in [5.41, 5.74) is 10.4. The van der Waals surface area contributed by atoms with Crippen molar-refractivity contribution in [2.24, 2.45) is 0 Å². The van der Waals surface area contributed by atoms with Gasteiger partial charge in [0.05, 0.1) is 16.1 Å². The van der Waals surface area contributed by atoms with Crippen LogP contribution in [-0.2, 0) is 0 Å².